The molecular formula is C12H18ClN3O2. The monoisotopic (exact) mass is 271 g/mol. The number of halogens is 1. The number of rotatable bonds is 3. The number of piperazine rings is 1. The summed E-state index contributed by atoms with van der Waals surface area (Å²) in [6, 6.07) is 0.364. The van der Waals surface area contributed by atoms with E-state index in [1.165, 1.54) is 0 Å². The van der Waals surface area contributed by atoms with Crippen molar-refractivity contribution in [3.63, 3.8) is 0 Å². The van der Waals surface area contributed by atoms with Gasteiger partial charge in [0.2, 0.25) is 11.1 Å². The third kappa shape index (κ3) is 3.03. The summed E-state index contributed by atoms with van der Waals surface area (Å²) in [7, 11) is 0. The van der Waals surface area contributed by atoms with E-state index in [0.29, 0.717) is 24.1 Å². The van der Waals surface area contributed by atoms with E-state index in [4.69, 9.17) is 16.1 Å². The molecule has 5 nitrogen and oxygen atoms in total. The first-order chi connectivity index (χ1) is 8.58. The van der Waals surface area contributed by atoms with Crippen LogP contribution < -0.4 is 5.32 Å². The van der Waals surface area contributed by atoms with Gasteiger partial charge in [-0.25, -0.2) is 0 Å². The number of nitrogens with zero attached hydrogens (tertiary/aromatic N) is 2. The molecule has 18 heavy (non-hydrogen) atoms. The molecule has 6 heteroatoms. The molecule has 1 unspecified atom stereocenters. The Morgan fingerprint density at radius 1 is 1.67 bits per heavy atom. The van der Waals surface area contributed by atoms with E-state index in [9.17, 15) is 4.79 Å². The van der Waals surface area contributed by atoms with Gasteiger partial charge in [-0.15, -0.1) is 0 Å². The highest BCUT2D eigenvalue weighted by atomic mass is 35.5. The van der Waals surface area contributed by atoms with Gasteiger partial charge in [0, 0.05) is 37.7 Å². The smallest absolute Gasteiger partial charge is 0.229 e. The largest absolute Gasteiger partial charge is 0.344 e. The molecular weight excluding hydrogens is 254 g/mol. The second-order valence-corrected chi connectivity index (χ2v) is 5.06. The van der Waals surface area contributed by atoms with E-state index in [1.54, 1.807) is 0 Å². The first kappa shape index (κ1) is 13.4. The fourth-order valence-corrected chi connectivity index (χ4v) is 2.45. The predicted molar refractivity (Wildman–Crippen MR) is 68.6 cm³/mol. The highest BCUT2D eigenvalue weighted by molar-refractivity contribution is 6.29. The van der Waals surface area contributed by atoms with Crippen molar-refractivity contribution in [1.29, 1.82) is 0 Å². The molecule has 2 rings (SSSR count). The summed E-state index contributed by atoms with van der Waals surface area (Å²) in [5.41, 5.74) is 1.61. The van der Waals surface area contributed by atoms with Gasteiger partial charge < -0.3 is 14.7 Å². The lowest BCUT2D eigenvalue weighted by molar-refractivity contribution is -0.132. The lowest BCUT2D eigenvalue weighted by Gasteiger charge is -2.32. The summed E-state index contributed by atoms with van der Waals surface area (Å²) < 4.78 is 4.87. The quantitative estimate of drug-likeness (QED) is 0.903. The van der Waals surface area contributed by atoms with Crippen molar-refractivity contribution in [3.8, 4) is 0 Å². The Hall–Kier alpha value is -1.07. The van der Waals surface area contributed by atoms with Crippen LogP contribution in [0.2, 0.25) is 5.22 Å². The molecule has 1 aromatic rings. The van der Waals surface area contributed by atoms with Crippen molar-refractivity contribution in [2.24, 2.45) is 0 Å². The van der Waals surface area contributed by atoms with Gasteiger partial charge in [-0.1, -0.05) is 5.16 Å². The van der Waals surface area contributed by atoms with Crippen LogP contribution in [0.5, 0.6) is 0 Å². The Bertz CT molecular complexity index is 413. The second-order valence-electron chi connectivity index (χ2n) is 4.72. The van der Waals surface area contributed by atoms with Crippen molar-refractivity contribution in [3.05, 3.63) is 16.5 Å². The van der Waals surface area contributed by atoms with Crippen LogP contribution in [-0.4, -0.2) is 41.6 Å². The standard InChI is InChI=1S/C12H18ClN3O2/c1-8-7-16(6-5-14-8)11(17)4-3-10-9(2)15-18-12(10)13/h8,14H,3-7H2,1-2H3. The van der Waals surface area contributed by atoms with Gasteiger partial charge in [0.05, 0.1) is 5.69 Å². The zero-order valence-corrected chi connectivity index (χ0v) is 11.5. The zero-order valence-electron chi connectivity index (χ0n) is 10.7. The van der Waals surface area contributed by atoms with Crippen molar-refractivity contribution < 1.29 is 9.32 Å². The number of aromatic nitrogens is 1. The summed E-state index contributed by atoms with van der Waals surface area (Å²) in [6.07, 6.45) is 1.04. The van der Waals surface area contributed by atoms with Gasteiger partial charge in [0.15, 0.2) is 0 Å². The Morgan fingerprint density at radius 2 is 2.44 bits per heavy atom. The molecule has 0 saturated carbocycles. The predicted octanol–water partition coefficient (Wildman–Crippen LogP) is 1.39. The summed E-state index contributed by atoms with van der Waals surface area (Å²) in [5, 5.41) is 7.39. The van der Waals surface area contributed by atoms with Gasteiger partial charge in [-0.3, -0.25) is 4.79 Å². The molecule has 100 valence electrons. The fourth-order valence-electron chi connectivity index (χ4n) is 2.19. The minimum Gasteiger partial charge on any atom is -0.344 e. The minimum absolute atomic E-state index is 0.167. The van der Waals surface area contributed by atoms with Crippen LogP contribution in [0.4, 0.5) is 0 Å². The number of nitrogens with one attached hydrogen (secondary N) is 1. The number of hydrogen-bond donors (Lipinski definition) is 1. The minimum atomic E-state index is 0.167. The van der Waals surface area contributed by atoms with Crippen LogP contribution in [0, 0.1) is 6.92 Å². The summed E-state index contributed by atoms with van der Waals surface area (Å²) in [4.78, 5) is 14.0. The molecule has 1 atom stereocenters. The zero-order chi connectivity index (χ0) is 13.1. The van der Waals surface area contributed by atoms with Gasteiger partial charge in [0.1, 0.15) is 0 Å². The lowest BCUT2D eigenvalue weighted by atomic mass is 10.1. The first-order valence-corrected chi connectivity index (χ1v) is 6.57. The van der Waals surface area contributed by atoms with E-state index in [0.717, 1.165) is 30.9 Å². The van der Waals surface area contributed by atoms with Crippen molar-refractivity contribution >= 4 is 17.5 Å². The molecule has 1 saturated heterocycles. The van der Waals surface area contributed by atoms with Gasteiger partial charge in [0.25, 0.3) is 0 Å². The lowest BCUT2D eigenvalue weighted by Crippen LogP contribution is -2.51. The van der Waals surface area contributed by atoms with E-state index in [-0.39, 0.29) is 5.91 Å². The second kappa shape index (κ2) is 5.71. The Morgan fingerprint density at radius 3 is 3.06 bits per heavy atom. The average molecular weight is 272 g/mol. The van der Waals surface area contributed by atoms with Crippen LogP contribution in [0.1, 0.15) is 24.6 Å². The molecule has 1 aliphatic rings. The normalized spacial score (nSPS) is 20.2. The van der Waals surface area contributed by atoms with E-state index >= 15 is 0 Å². The SMILES string of the molecule is Cc1noc(Cl)c1CCC(=O)N1CCNC(C)C1. The van der Waals surface area contributed by atoms with Crippen LogP contribution in [0.25, 0.3) is 0 Å². The molecule has 1 fully saturated rings. The number of carbonyl (C=O) groups is 1. The van der Waals surface area contributed by atoms with E-state index in [1.807, 2.05) is 11.8 Å². The summed E-state index contributed by atoms with van der Waals surface area (Å²) in [5.74, 6) is 0.167. The Labute approximate surface area is 111 Å². The highest BCUT2D eigenvalue weighted by Gasteiger charge is 2.21. The molecule has 1 amide bonds. The van der Waals surface area contributed by atoms with Crippen LogP contribution in [0.15, 0.2) is 4.52 Å². The topological polar surface area (TPSA) is 58.4 Å². The van der Waals surface area contributed by atoms with Crippen molar-refractivity contribution in [1.82, 2.24) is 15.4 Å². The number of amides is 1. The molecule has 0 aromatic carbocycles. The van der Waals surface area contributed by atoms with E-state index in [2.05, 4.69) is 17.4 Å². The maximum Gasteiger partial charge on any atom is 0.229 e. The van der Waals surface area contributed by atoms with Gasteiger partial charge in [-0.2, -0.15) is 0 Å². The summed E-state index contributed by atoms with van der Waals surface area (Å²) >= 11 is 5.87. The highest BCUT2D eigenvalue weighted by Crippen LogP contribution is 2.20. The first-order valence-electron chi connectivity index (χ1n) is 6.19. The number of carbonyl (C=O) groups excluding carboxylic acids is 1. The van der Waals surface area contributed by atoms with Gasteiger partial charge in [-0.05, 0) is 31.9 Å². The maximum atomic E-state index is 12.1. The average Bonchev–Trinajstić information content (AvgIpc) is 2.66. The maximum absolute atomic E-state index is 12.1. The molecule has 0 bridgehead atoms. The third-order valence-corrected chi connectivity index (χ3v) is 3.54. The fraction of sp³-hybridized carbons (Fsp3) is 0.667. The Balaban J connectivity index is 1.88. The molecule has 1 N–H and O–H groups in total. The molecule has 0 aliphatic carbocycles. The third-order valence-electron chi connectivity index (χ3n) is 3.25. The molecule has 1 aliphatic heterocycles. The number of hydrogen-bond acceptors (Lipinski definition) is 4. The van der Waals surface area contributed by atoms with Gasteiger partial charge >= 0.3 is 0 Å². The van der Waals surface area contributed by atoms with Crippen molar-refractivity contribution in [2.75, 3.05) is 19.6 Å². The molecule has 0 radical (unpaired) electrons. The van der Waals surface area contributed by atoms with Crippen LogP contribution in [-0.2, 0) is 11.2 Å². The van der Waals surface area contributed by atoms with Crippen LogP contribution in [0.3, 0.4) is 0 Å². The summed E-state index contributed by atoms with van der Waals surface area (Å²) in [6.45, 7) is 6.33. The van der Waals surface area contributed by atoms with Crippen LogP contribution >= 0.6 is 11.6 Å². The molecule has 2 heterocycles. The molecule has 0 spiro atoms. The number of aryl methyl sites for hydroxylation is 1. The van der Waals surface area contributed by atoms with E-state index < -0.39 is 0 Å². The van der Waals surface area contributed by atoms with Crippen molar-refractivity contribution in [2.45, 2.75) is 32.7 Å². The Kier molecular flexibility index (Phi) is 4.24. The molecule has 1 aromatic heterocycles.